The first-order valence-electron chi connectivity index (χ1n) is 11.2. The monoisotopic (exact) mass is 389 g/mol. The zero-order valence-electron chi connectivity index (χ0n) is 17.4. The Morgan fingerprint density at radius 2 is 2.14 bits per heavy atom. The van der Waals surface area contributed by atoms with Gasteiger partial charge in [0.2, 0.25) is 0 Å². The fraction of sp³-hybridized carbons (Fsp3) is 0.583. The molecule has 3 saturated heterocycles. The summed E-state index contributed by atoms with van der Waals surface area (Å²) in [6, 6.07) is 10.5. The van der Waals surface area contributed by atoms with Gasteiger partial charge in [0.05, 0.1) is 11.1 Å². The molecule has 1 spiro atoms. The second kappa shape index (κ2) is 7.59. The van der Waals surface area contributed by atoms with E-state index in [0.717, 1.165) is 29.9 Å². The molecule has 5 heteroatoms. The lowest BCUT2D eigenvalue weighted by molar-refractivity contribution is 0.222. The first-order chi connectivity index (χ1) is 14.2. The van der Waals surface area contributed by atoms with Crippen LogP contribution in [0.15, 0.2) is 30.5 Å². The number of nitriles is 1. The summed E-state index contributed by atoms with van der Waals surface area (Å²) in [4.78, 5) is 9.79. The Balaban J connectivity index is 1.35. The maximum absolute atomic E-state index is 9.45. The van der Waals surface area contributed by atoms with Gasteiger partial charge in [-0.2, -0.15) is 5.26 Å². The van der Waals surface area contributed by atoms with Gasteiger partial charge >= 0.3 is 0 Å². The number of benzene rings is 1. The average Bonchev–Trinajstić information content (AvgIpc) is 3.48. The Bertz CT molecular complexity index is 927. The van der Waals surface area contributed by atoms with Gasteiger partial charge in [-0.3, -0.25) is 4.98 Å². The molecule has 0 amide bonds. The lowest BCUT2D eigenvalue weighted by atomic mass is 9.86. The number of aromatic nitrogens is 1. The number of fused-ring (bicyclic) bond motifs is 1. The molecule has 0 radical (unpaired) electrons. The van der Waals surface area contributed by atoms with Crippen molar-refractivity contribution in [1.82, 2.24) is 15.2 Å². The van der Waals surface area contributed by atoms with Crippen LogP contribution in [0.4, 0.5) is 5.69 Å². The van der Waals surface area contributed by atoms with Gasteiger partial charge in [-0.1, -0.05) is 13.3 Å². The molecule has 5 rings (SSSR count). The SMILES string of the molecule is CC[C@@H]1CN(c2ccc(C#N)c3ncccc23)C[C@H]1CN1CCC2(CCNC2)C1. The molecule has 152 valence electrons. The van der Waals surface area contributed by atoms with Crippen molar-refractivity contribution < 1.29 is 0 Å². The quantitative estimate of drug-likeness (QED) is 0.870. The van der Waals surface area contributed by atoms with E-state index >= 15 is 0 Å². The summed E-state index contributed by atoms with van der Waals surface area (Å²) in [6.45, 7) is 10.7. The second-order valence-electron chi connectivity index (χ2n) is 9.39. The standard InChI is InChI=1S/C24H31N5/c1-2-18-14-29(22-6-5-19(12-25)23-21(22)4-3-9-27-23)15-20(18)13-28-11-8-24(17-28)7-10-26-16-24/h3-6,9,18,20,26H,2,7-8,10-11,13-17H2,1H3/t18-,20-,24?/m1/s1. The first kappa shape index (κ1) is 18.8. The molecule has 3 aliphatic rings. The second-order valence-corrected chi connectivity index (χ2v) is 9.39. The summed E-state index contributed by atoms with van der Waals surface area (Å²) in [5.41, 5.74) is 3.29. The predicted octanol–water partition coefficient (Wildman–Crippen LogP) is 3.25. The van der Waals surface area contributed by atoms with E-state index in [1.54, 1.807) is 6.20 Å². The van der Waals surface area contributed by atoms with E-state index < -0.39 is 0 Å². The highest BCUT2D eigenvalue weighted by Crippen LogP contribution is 2.39. The molecule has 1 aromatic heterocycles. The Morgan fingerprint density at radius 1 is 1.24 bits per heavy atom. The fourth-order valence-electron chi connectivity index (χ4n) is 5.99. The molecule has 3 atom stereocenters. The Kier molecular flexibility index (Phi) is 4.93. The van der Waals surface area contributed by atoms with Gasteiger partial charge in [0.15, 0.2) is 0 Å². The van der Waals surface area contributed by atoms with E-state index in [2.05, 4.69) is 45.2 Å². The van der Waals surface area contributed by atoms with E-state index in [1.165, 1.54) is 57.7 Å². The fourth-order valence-corrected chi connectivity index (χ4v) is 5.99. The largest absolute Gasteiger partial charge is 0.370 e. The van der Waals surface area contributed by atoms with Crippen LogP contribution < -0.4 is 10.2 Å². The molecule has 1 N–H and O–H groups in total. The smallest absolute Gasteiger partial charge is 0.101 e. The summed E-state index contributed by atoms with van der Waals surface area (Å²) in [5, 5.41) is 14.1. The minimum absolute atomic E-state index is 0.551. The molecule has 1 unspecified atom stereocenters. The summed E-state index contributed by atoms with van der Waals surface area (Å²) >= 11 is 0. The highest BCUT2D eigenvalue weighted by atomic mass is 15.2. The molecule has 0 saturated carbocycles. The third kappa shape index (κ3) is 3.39. The highest BCUT2D eigenvalue weighted by Gasteiger charge is 2.42. The van der Waals surface area contributed by atoms with Crippen LogP contribution in [0.25, 0.3) is 10.9 Å². The number of nitrogens with one attached hydrogen (secondary N) is 1. The van der Waals surface area contributed by atoms with Crippen LogP contribution in [0, 0.1) is 28.6 Å². The summed E-state index contributed by atoms with van der Waals surface area (Å²) < 4.78 is 0. The minimum Gasteiger partial charge on any atom is -0.370 e. The van der Waals surface area contributed by atoms with Crippen molar-refractivity contribution in [3.63, 3.8) is 0 Å². The van der Waals surface area contributed by atoms with Crippen LogP contribution in [0.5, 0.6) is 0 Å². The van der Waals surface area contributed by atoms with Crippen LogP contribution >= 0.6 is 0 Å². The lowest BCUT2D eigenvalue weighted by Crippen LogP contribution is -2.34. The minimum atomic E-state index is 0.551. The average molecular weight is 390 g/mol. The zero-order chi connectivity index (χ0) is 19.8. The zero-order valence-corrected chi connectivity index (χ0v) is 17.4. The molecule has 3 aliphatic heterocycles. The van der Waals surface area contributed by atoms with Crippen LogP contribution in [0.2, 0.25) is 0 Å². The maximum Gasteiger partial charge on any atom is 0.101 e. The molecule has 29 heavy (non-hydrogen) atoms. The molecule has 5 nitrogen and oxygen atoms in total. The Hall–Kier alpha value is -2.16. The number of hydrogen-bond acceptors (Lipinski definition) is 5. The van der Waals surface area contributed by atoms with E-state index in [0.29, 0.717) is 16.9 Å². The molecular weight excluding hydrogens is 358 g/mol. The number of nitrogens with zero attached hydrogens (tertiary/aromatic N) is 4. The third-order valence-corrected chi connectivity index (χ3v) is 7.65. The van der Waals surface area contributed by atoms with Crippen molar-refractivity contribution in [3.8, 4) is 6.07 Å². The van der Waals surface area contributed by atoms with Crippen molar-refractivity contribution >= 4 is 16.6 Å². The van der Waals surface area contributed by atoms with Crippen LogP contribution in [0.1, 0.15) is 31.7 Å². The number of rotatable bonds is 4. The molecule has 0 aliphatic carbocycles. The summed E-state index contributed by atoms with van der Waals surface area (Å²) in [6.07, 6.45) is 5.73. The van der Waals surface area contributed by atoms with Gasteiger partial charge in [0.1, 0.15) is 6.07 Å². The van der Waals surface area contributed by atoms with Gasteiger partial charge in [-0.15, -0.1) is 0 Å². The van der Waals surface area contributed by atoms with Crippen molar-refractivity contribution in [1.29, 1.82) is 5.26 Å². The predicted molar refractivity (Wildman–Crippen MR) is 117 cm³/mol. The van der Waals surface area contributed by atoms with Gasteiger partial charge < -0.3 is 15.1 Å². The summed E-state index contributed by atoms with van der Waals surface area (Å²) in [7, 11) is 0. The maximum atomic E-state index is 9.45. The number of anilines is 1. The van der Waals surface area contributed by atoms with Gasteiger partial charge in [-0.25, -0.2) is 0 Å². The van der Waals surface area contributed by atoms with E-state index in [-0.39, 0.29) is 0 Å². The summed E-state index contributed by atoms with van der Waals surface area (Å²) in [5.74, 6) is 1.45. The third-order valence-electron chi connectivity index (χ3n) is 7.65. The molecule has 4 heterocycles. The van der Waals surface area contributed by atoms with Crippen LogP contribution in [-0.4, -0.2) is 55.7 Å². The molecular formula is C24H31N5. The number of likely N-dealkylation sites (tertiary alicyclic amines) is 1. The molecule has 0 bridgehead atoms. The lowest BCUT2D eigenvalue weighted by Gasteiger charge is -2.26. The van der Waals surface area contributed by atoms with Crippen molar-refractivity contribution in [2.75, 3.05) is 50.7 Å². The van der Waals surface area contributed by atoms with Crippen molar-refractivity contribution in [2.24, 2.45) is 17.3 Å². The first-order valence-corrected chi connectivity index (χ1v) is 11.2. The van der Waals surface area contributed by atoms with Crippen LogP contribution in [-0.2, 0) is 0 Å². The van der Waals surface area contributed by atoms with E-state index in [9.17, 15) is 5.26 Å². The van der Waals surface area contributed by atoms with Gasteiger partial charge in [0, 0.05) is 50.0 Å². The van der Waals surface area contributed by atoms with Gasteiger partial charge in [0.25, 0.3) is 0 Å². The molecule has 1 aromatic carbocycles. The van der Waals surface area contributed by atoms with E-state index in [4.69, 9.17) is 0 Å². The normalized spacial score (nSPS) is 29.9. The van der Waals surface area contributed by atoms with Crippen LogP contribution in [0.3, 0.4) is 0 Å². The van der Waals surface area contributed by atoms with Crippen molar-refractivity contribution in [3.05, 3.63) is 36.0 Å². The molecule has 2 aromatic rings. The Labute approximate surface area is 173 Å². The number of hydrogen-bond donors (Lipinski definition) is 1. The molecule has 3 fully saturated rings. The highest BCUT2D eigenvalue weighted by molar-refractivity contribution is 5.95. The Morgan fingerprint density at radius 3 is 2.93 bits per heavy atom. The van der Waals surface area contributed by atoms with Gasteiger partial charge in [-0.05, 0) is 67.4 Å². The van der Waals surface area contributed by atoms with Crippen molar-refractivity contribution in [2.45, 2.75) is 26.2 Å². The topological polar surface area (TPSA) is 55.2 Å². The number of pyridine rings is 1. The van der Waals surface area contributed by atoms with E-state index in [1.807, 2.05) is 12.1 Å².